The predicted molar refractivity (Wildman–Crippen MR) is 68.5 cm³/mol. The van der Waals surface area contributed by atoms with Gasteiger partial charge in [-0.1, -0.05) is 0 Å². The zero-order chi connectivity index (χ0) is 12.7. The molecule has 98 valence electrons. The van der Waals surface area contributed by atoms with E-state index in [1.54, 1.807) is 16.9 Å². The summed E-state index contributed by atoms with van der Waals surface area (Å²) in [5.41, 5.74) is 0. The number of nitrogens with zero attached hydrogens (tertiary/aromatic N) is 2. The highest BCUT2D eigenvalue weighted by Crippen LogP contribution is 2.06. The molecule has 0 radical (unpaired) electrons. The van der Waals surface area contributed by atoms with Crippen molar-refractivity contribution in [2.24, 2.45) is 0 Å². The lowest BCUT2D eigenvalue weighted by molar-refractivity contribution is 0.594. The third-order valence-corrected chi connectivity index (χ3v) is 3.66. The average Bonchev–Trinajstić information content (AvgIpc) is 2.71. The molecule has 0 saturated heterocycles. The third-order valence-electron chi connectivity index (χ3n) is 2.31. The molecular formula is C10H20N4O2S. The Labute approximate surface area is 102 Å². The van der Waals surface area contributed by atoms with Gasteiger partial charge in [-0.3, -0.25) is 9.40 Å². The third kappa shape index (κ3) is 5.18. The van der Waals surface area contributed by atoms with Gasteiger partial charge in [0.05, 0.1) is 5.75 Å². The van der Waals surface area contributed by atoms with Crippen LogP contribution in [0.5, 0.6) is 0 Å². The summed E-state index contributed by atoms with van der Waals surface area (Å²) in [6, 6.07) is 1.66. The molecule has 0 aliphatic heterocycles. The van der Waals surface area contributed by atoms with Crippen molar-refractivity contribution in [2.45, 2.75) is 26.3 Å². The molecule has 0 fully saturated rings. The summed E-state index contributed by atoms with van der Waals surface area (Å²) in [6.45, 7) is 3.51. The van der Waals surface area contributed by atoms with Crippen LogP contribution in [0.2, 0.25) is 0 Å². The number of aryl methyl sites for hydroxylation is 1. The van der Waals surface area contributed by atoms with E-state index in [0.717, 1.165) is 19.5 Å². The molecule has 1 aromatic rings. The highest BCUT2D eigenvalue weighted by Gasteiger charge is 2.11. The Morgan fingerprint density at radius 1 is 1.41 bits per heavy atom. The summed E-state index contributed by atoms with van der Waals surface area (Å²) in [4.78, 5) is 0. The van der Waals surface area contributed by atoms with Crippen molar-refractivity contribution in [3.05, 3.63) is 12.3 Å². The molecule has 0 unspecified atom stereocenters. The lowest BCUT2D eigenvalue weighted by Gasteiger charge is -2.05. The van der Waals surface area contributed by atoms with Gasteiger partial charge in [0, 0.05) is 18.8 Å². The van der Waals surface area contributed by atoms with Gasteiger partial charge in [-0.2, -0.15) is 5.10 Å². The Morgan fingerprint density at radius 2 is 2.18 bits per heavy atom. The van der Waals surface area contributed by atoms with Gasteiger partial charge in [0.25, 0.3) is 0 Å². The first-order valence-electron chi connectivity index (χ1n) is 5.76. The van der Waals surface area contributed by atoms with Crippen molar-refractivity contribution in [1.29, 1.82) is 0 Å². The molecule has 6 nitrogen and oxygen atoms in total. The summed E-state index contributed by atoms with van der Waals surface area (Å²) in [5.74, 6) is 0.522. The Bertz CT molecular complexity index is 427. The van der Waals surface area contributed by atoms with Crippen LogP contribution in [0, 0.1) is 0 Å². The average molecular weight is 260 g/mol. The summed E-state index contributed by atoms with van der Waals surface area (Å²) in [5, 5.41) is 7.06. The second kappa shape index (κ2) is 6.61. The first-order valence-corrected chi connectivity index (χ1v) is 7.41. The number of unbranched alkanes of at least 4 members (excludes halogenated alkanes) is 1. The molecule has 1 aromatic heterocycles. The van der Waals surface area contributed by atoms with Crippen molar-refractivity contribution in [2.75, 3.05) is 24.1 Å². The van der Waals surface area contributed by atoms with E-state index >= 15 is 0 Å². The smallest absolute Gasteiger partial charge is 0.233 e. The standard InChI is InChI=1S/C10H20N4O2S/c1-3-14-8-6-10(12-14)13-17(15,16)9-5-4-7-11-2/h6,8,11H,3-5,7,9H2,1-2H3,(H,12,13). The molecule has 0 aromatic carbocycles. The molecule has 17 heavy (non-hydrogen) atoms. The fourth-order valence-electron chi connectivity index (χ4n) is 1.40. The lowest BCUT2D eigenvalue weighted by Crippen LogP contribution is -2.18. The summed E-state index contributed by atoms with van der Waals surface area (Å²) in [7, 11) is -1.41. The molecule has 0 atom stereocenters. The highest BCUT2D eigenvalue weighted by molar-refractivity contribution is 7.92. The Kier molecular flexibility index (Phi) is 5.43. The number of hydrogen-bond donors (Lipinski definition) is 2. The molecule has 2 N–H and O–H groups in total. The van der Waals surface area contributed by atoms with E-state index in [4.69, 9.17) is 0 Å². The van der Waals surface area contributed by atoms with E-state index in [-0.39, 0.29) is 5.75 Å². The molecule has 0 amide bonds. The first-order chi connectivity index (χ1) is 8.07. The minimum Gasteiger partial charge on any atom is -0.320 e. The SMILES string of the molecule is CCn1ccc(NS(=O)(=O)CCCCNC)n1. The Balaban J connectivity index is 2.43. The number of hydrogen-bond acceptors (Lipinski definition) is 4. The van der Waals surface area contributed by atoms with Gasteiger partial charge in [0.2, 0.25) is 10.0 Å². The number of sulfonamides is 1. The quantitative estimate of drug-likeness (QED) is 0.673. The van der Waals surface area contributed by atoms with E-state index in [1.807, 2.05) is 14.0 Å². The minimum atomic E-state index is -3.26. The van der Waals surface area contributed by atoms with Crippen molar-refractivity contribution >= 4 is 15.8 Å². The molecule has 0 bridgehead atoms. The van der Waals surface area contributed by atoms with Crippen LogP contribution in [0.3, 0.4) is 0 Å². The molecule has 0 saturated carbocycles. The summed E-state index contributed by atoms with van der Waals surface area (Å²) < 4.78 is 27.5. The highest BCUT2D eigenvalue weighted by atomic mass is 32.2. The molecule has 1 heterocycles. The lowest BCUT2D eigenvalue weighted by atomic mass is 10.3. The van der Waals surface area contributed by atoms with E-state index in [9.17, 15) is 8.42 Å². The van der Waals surface area contributed by atoms with Gasteiger partial charge < -0.3 is 5.32 Å². The molecule has 7 heteroatoms. The largest absolute Gasteiger partial charge is 0.320 e. The van der Waals surface area contributed by atoms with E-state index in [0.29, 0.717) is 12.2 Å². The van der Waals surface area contributed by atoms with E-state index in [1.165, 1.54) is 0 Å². The topological polar surface area (TPSA) is 76.0 Å². The van der Waals surface area contributed by atoms with Gasteiger partial charge in [-0.05, 0) is 33.4 Å². The van der Waals surface area contributed by atoms with Crippen LogP contribution in [-0.2, 0) is 16.6 Å². The van der Waals surface area contributed by atoms with Gasteiger partial charge in [-0.15, -0.1) is 0 Å². The zero-order valence-electron chi connectivity index (χ0n) is 10.3. The van der Waals surface area contributed by atoms with Crippen LogP contribution in [0.25, 0.3) is 0 Å². The minimum absolute atomic E-state index is 0.133. The summed E-state index contributed by atoms with van der Waals surface area (Å²) in [6.07, 6.45) is 3.24. The molecule has 1 rings (SSSR count). The maximum atomic E-state index is 11.7. The van der Waals surface area contributed by atoms with Crippen molar-refractivity contribution in [3.63, 3.8) is 0 Å². The van der Waals surface area contributed by atoms with Crippen molar-refractivity contribution in [3.8, 4) is 0 Å². The number of aromatic nitrogens is 2. The zero-order valence-corrected chi connectivity index (χ0v) is 11.1. The fraction of sp³-hybridized carbons (Fsp3) is 0.700. The second-order valence-electron chi connectivity index (χ2n) is 3.79. The fourth-order valence-corrected chi connectivity index (χ4v) is 2.51. The van der Waals surface area contributed by atoms with Crippen LogP contribution in [0.4, 0.5) is 5.82 Å². The van der Waals surface area contributed by atoms with Crippen LogP contribution in [0.15, 0.2) is 12.3 Å². The van der Waals surface area contributed by atoms with E-state index < -0.39 is 10.0 Å². The molecule has 0 spiro atoms. The Hall–Kier alpha value is -1.08. The predicted octanol–water partition coefficient (Wildman–Crippen LogP) is 0.644. The van der Waals surface area contributed by atoms with Crippen LogP contribution in [0.1, 0.15) is 19.8 Å². The van der Waals surface area contributed by atoms with Crippen LogP contribution >= 0.6 is 0 Å². The van der Waals surface area contributed by atoms with E-state index in [2.05, 4.69) is 15.1 Å². The Morgan fingerprint density at radius 3 is 2.76 bits per heavy atom. The van der Waals surface area contributed by atoms with Gasteiger partial charge in [-0.25, -0.2) is 8.42 Å². The van der Waals surface area contributed by atoms with Gasteiger partial charge in [0.15, 0.2) is 5.82 Å². The number of anilines is 1. The normalized spacial score (nSPS) is 11.6. The monoisotopic (exact) mass is 260 g/mol. The number of rotatable bonds is 8. The van der Waals surface area contributed by atoms with Gasteiger partial charge >= 0.3 is 0 Å². The second-order valence-corrected chi connectivity index (χ2v) is 5.63. The molecule has 0 aliphatic carbocycles. The maximum absolute atomic E-state index is 11.7. The summed E-state index contributed by atoms with van der Waals surface area (Å²) >= 11 is 0. The van der Waals surface area contributed by atoms with Gasteiger partial charge in [0.1, 0.15) is 0 Å². The van der Waals surface area contributed by atoms with Crippen molar-refractivity contribution in [1.82, 2.24) is 15.1 Å². The van der Waals surface area contributed by atoms with Crippen molar-refractivity contribution < 1.29 is 8.42 Å². The first kappa shape index (κ1) is 14.0. The number of nitrogens with one attached hydrogen (secondary N) is 2. The molecule has 0 aliphatic rings. The molecular weight excluding hydrogens is 240 g/mol. The van der Waals surface area contributed by atoms with Crippen LogP contribution in [-0.4, -0.2) is 37.5 Å². The van der Waals surface area contributed by atoms with Crippen LogP contribution < -0.4 is 10.0 Å². The maximum Gasteiger partial charge on any atom is 0.233 e.